The normalized spacial score (nSPS) is 7.44. The van der Waals surface area contributed by atoms with Gasteiger partial charge in [0.05, 0.1) is 6.33 Å². The second-order valence-electron chi connectivity index (χ2n) is 1.29. The molecule has 0 amide bonds. The van der Waals surface area contributed by atoms with Gasteiger partial charge >= 0.3 is 49.4 Å². The first-order valence-electron chi connectivity index (χ1n) is 2.15. The van der Waals surface area contributed by atoms with E-state index >= 15 is 0 Å². The van der Waals surface area contributed by atoms with Crippen LogP contribution in [0.15, 0.2) is 18.7 Å². The molecule has 1 aromatic rings. The molecule has 0 aliphatic carbocycles. The van der Waals surface area contributed by atoms with E-state index in [9.17, 15) is 0 Å². The van der Waals surface area contributed by atoms with Gasteiger partial charge in [0.25, 0.3) is 0 Å². The van der Waals surface area contributed by atoms with Gasteiger partial charge in [-0.1, -0.05) is 0 Å². The number of hydrogen-bond acceptors (Lipinski definition) is 1. The number of halogens is 2. The van der Waals surface area contributed by atoms with Crippen molar-refractivity contribution in [2.24, 2.45) is 7.05 Å². The molecule has 1 aromatic heterocycles. The van der Waals surface area contributed by atoms with Crippen molar-refractivity contribution in [2.75, 3.05) is 0 Å². The Kier molecular flexibility index (Phi) is 8.39. The van der Waals surface area contributed by atoms with E-state index in [4.69, 9.17) is 0 Å². The van der Waals surface area contributed by atoms with E-state index in [1.807, 2.05) is 17.8 Å². The van der Waals surface area contributed by atoms with Crippen molar-refractivity contribution in [3.8, 4) is 0 Å². The Morgan fingerprint density at radius 3 is 2.22 bits per heavy atom. The van der Waals surface area contributed by atoms with Gasteiger partial charge in [0, 0.05) is 19.4 Å². The Morgan fingerprint density at radius 1 is 1.56 bits per heavy atom. The molecule has 1 rings (SSSR count). The van der Waals surface area contributed by atoms with Gasteiger partial charge in [-0.25, -0.2) is 4.98 Å². The van der Waals surface area contributed by atoms with Crippen LogP contribution in [0.25, 0.3) is 0 Å². The van der Waals surface area contributed by atoms with Crippen LogP contribution in [0.4, 0.5) is 0 Å². The molecule has 1 heterocycles. The number of nitrogens with zero attached hydrogens (tertiary/aromatic N) is 2. The number of hydrogen-bond donors (Lipinski definition) is 0. The van der Waals surface area contributed by atoms with Crippen LogP contribution in [0.5, 0.6) is 0 Å². The van der Waals surface area contributed by atoms with Crippen LogP contribution in [0, 0.1) is 0 Å². The molecule has 0 aromatic carbocycles. The molecule has 0 fully saturated rings. The molecule has 0 spiro atoms. The number of imidazole rings is 1. The maximum atomic E-state index is 3.78. The molecular formula is C4H6I2N2V. The van der Waals surface area contributed by atoms with E-state index in [0.29, 0.717) is 9.47 Å². The van der Waals surface area contributed by atoms with Gasteiger partial charge in [0.2, 0.25) is 0 Å². The summed E-state index contributed by atoms with van der Waals surface area (Å²) in [6.45, 7) is 0. The zero-order valence-corrected chi connectivity index (χ0v) is 10.5. The van der Waals surface area contributed by atoms with Gasteiger partial charge in [-0.15, -0.1) is 0 Å². The van der Waals surface area contributed by atoms with Crippen molar-refractivity contribution in [1.82, 2.24) is 9.55 Å². The molecule has 2 nitrogen and oxygen atoms in total. The van der Waals surface area contributed by atoms with E-state index in [1.165, 1.54) is 0 Å². The van der Waals surface area contributed by atoms with Gasteiger partial charge in [0.15, 0.2) is 0 Å². The predicted molar refractivity (Wildman–Crippen MR) is 51.2 cm³/mol. The summed E-state index contributed by atoms with van der Waals surface area (Å²) in [5.74, 6) is 0. The fourth-order valence-electron chi connectivity index (χ4n) is 0.326. The van der Waals surface area contributed by atoms with E-state index in [-0.39, 0.29) is 0 Å². The Hall–Kier alpha value is 1.25. The zero-order valence-electron chi connectivity index (χ0n) is 4.83. The summed E-state index contributed by atoms with van der Waals surface area (Å²) in [4.78, 5) is 3.78. The molecule has 51 valence electrons. The Labute approximate surface area is 83.6 Å². The third kappa shape index (κ3) is 7.15. The Balaban J connectivity index is 0.000000187. The van der Waals surface area contributed by atoms with Crippen molar-refractivity contribution in [2.45, 2.75) is 0 Å². The van der Waals surface area contributed by atoms with Crippen molar-refractivity contribution in [3.05, 3.63) is 18.7 Å². The molecule has 0 aliphatic heterocycles. The molecule has 0 saturated carbocycles. The summed E-state index contributed by atoms with van der Waals surface area (Å²) >= 11 is 4.74. The third-order valence-electron chi connectivity index (χ3n) is 0.637. The molecule has 0 aliphatic rings. The van der Waals surface area contributed by atoms with Crippen LogP contribution in [-0.4, -0.2) is 9.55 Å². The van der Waals surface area contributed by atoms with Crippen molar-refractivity contribution in [1.29, 1.82) is 0 Å². The fraction of sp³-hybridized carbons (Fsp3) is 0.250. The summed E-state index contributed by atoms with van der Waals surface area (Å²) in [5.41, 5.74) is 0. The van der Waals surface area contributed by atoms with Gasteiger partial charge in [0.1, 0.15) is 0 Å². The molecule has 0 radical (unpaired) electrons. The van der Waals surface area contributed by atoms with Crippen LogP contribution in [0.2, 0.25) is 0 Å². The Bertz CT molecular complexity index is 131. The quantitative estimate of drug-likeness (QED) is 0.625. The van der Waals surface area contributed by atoms with Crippen LogP contribution in [0.3, 0.4) is 0 Å². The topological polar surface area (TPSA) is 17.8 Å². The summed E-state index contributed by atoms with van der Waals surface area (Å²) in [6, 6.07) is 0. The average molecular weight is 387 g/mol. The Morgan fingerprint density at radius 2 is 2.11 bits per heavy atom. The van der Waals surface area contributed by atoms with Gasteiger partial charge in [-0.05, 0) is 0 Å². The van der Waals surface area contributed by atoms with Gasteiger partial charge in [-0.2, -0.15) is 0 Å². The molecular weight excluding hydrogens is 381 g/mol. The van der Waals surface area contributed by atoms with E-state index in [2.05, 4.69) is 44.9 Å². The minimum absolute atomic E-state index is 0.628. The number of aromatic nitrogens is 2. The minimum atomic E-state index is 0.628. The third-order valence-corrected chi connectivity index (χ3v) is 0.637. The number of rotatable bonds is 0. The van der Waals surface area contributed by atoms with Gasteiger partial charge < -0.3 is 4.57 Å². The molecule has 0 unspecified atom stereocenters. The van der Waals surface area contributed by atoms with E-state index < -0.39 is 0 Å². The predicted octanol–water partition coefficient (Wildman–Crippen LogP) is 2.19. The summed E-state index contributed by atoms with van der Waals surface area (Å²) in [7, 11) is 2.56. The van der Waals surface area contributed by atoms with Crippen molar-refractivity contribution >= 4 is 40.0 Å². The van der Waals surface area contributed by atoms with Crippen molar-refractivity contribution < 1.29 is 9.47 Å². The standard InChI is InChI=1S/C4H6N2.2HI.V/c1-6-3-2-5-4-6;;;/h2-4H,1H3;2*1H;/q;;;+2/p-2. The van der Waals surface area contributed by atoms with Crippen LogP contribution in [0.1, 0.15) is 0 Å². The fourth-order valence-corrected chi connectivity index (χ4v) is 0.326. The van der Waals surface area contributed by atoms with Crippen LogP contribution >= 0.6 is 40.0 Å². The molecule has 0 saturated heterocycles. The van der Waals surface area contributed by atoms with Gasteiger partial charge in [-0.3, -0.25) is 0 Å². The second-order valence-corrected chi connectivity index (χ2v) is 13.1. The first-order valence-corrected chi connectivity index (χ1v) is 11.2. The average Bonchev–Trinajstić information content (AvgIpc) is 2.20. The monoisotopic (exact) mass is 387 g/mol. The molecule has 0 N–H and O–H groups in total. The molecule has 0 atom stereocenters. The molecule has 9 heavy (non-hydrogen) atoms. The first kappa shape index (κ1) is 10.3. The van der Waals surface area contributed by atoms with Crippen LogP contribution in [-0.2, 0) is 16.5 Å². The summed E-state index contributed by atoms with van der Waals surface area (Å²) < 4.78 is 1.89. The molecule has 0 bridgehead atoms. The number of aryl methyl sites for hydroxylation is 1. The zero-order chi connectivity index (χ0) is 7.11. The first-order chi connectivity index (χ1) is 4.31. The summed E-state index contributed by atoms with van der Waals surface area (Å²) in [5, 5.41) is 0. The summed E-state index contributed by atoms with van der Waals surface area (Å²) in [6.07, 6.45) is 5.39. The van der Waals surface area contributed by atoms with Crippen molar-refractivity contribution in [3.63, 3.8) is 0 Å². The van der Waals surface area contributed by atoms with E-state index in [1.54, 1.807) is 12.5 Å². The maximum absolute atomic E-state index is 3.78. The van der Waals surface area contributed by atoms with E-state index in [0.717, 1.165) is 0 Å². The second kappa shape index (κ2) is 7.36. The molecule has 5 heteroatoms. The SMILES string of the molecule is Cn1ccnc1.[I][V][I]. The van der Waals surface area contributed by atoms with Crippen LogP contribution < -0.4 is 0 Å².